The molecule has 0 aliphatic heterocycles. The quantitative estimate of drug-likeness (QED) is 0.315. The van der Waals surface area contributed by atoms with Gasteiger partial charge in [-0.05, 0) is 43.5 Å². The topological polar surface area (TPSA) is 126 Å². The molecule has 5 N–H and O–H groups in total. The number of nitrogens with one attached hydrogen (secondary N) is 2. The smallest absolute Gasteiger partial charge is 0.405 e. The third-order valence-corrected chi connectivity index (χ3v) is 4.30. The molecule has 1 amide bonds. The number of carbonyl (C=O) groups is 2. The molecule has 0 aromatic heterocycles. The van der Waals surface area contributed by atoms with E-state index in [1.54, 1.807) is 38.1 Å². The number of rotatable bonds is 8. The molecule has 0 spiro atoms. The van der Waals surface area contributed by atoms with Crippen molar-refractivity contribution < 1.29 is 19.4 Å². The number of carbonyl (C=O) groups excluding carboxylic acids is 1. The second-order valence-corrected chi connectivity index (χ2v) is 7.21. The molecule has 148 valence electrons. The van der Waals surface area contributed by atoms with Gasteiger partial charge in [0.1, 0.15) is 6.61 Å². The fourth-order valence-corrected chi connectivity index (χ4v) is 2.92. The van der Waals surface area contributed by atoms with Gasteiger partial charge < -0.3 is 20.9 Å². The van der Waals surface area contributed by atoms with E-state index in [9.17, 15) is 9.59 Å². The van der Waals surface area contributed by atoms with E-state index in [-0.39, 0.29) is 12.4 Å². The standard InChI is InChI=1S/C21H25N3O4/c1-21(2,24-20(26)27)12-17(18(22)23)15-8-10-16(11-9-15)19(25)28-13-14-6-4-3-5-7-14/h3-11,17,24H,12-13H2,1-2H3,(H3,22,23)(H,26,27). The van der Waals surface area contributed by atoms with Crippen molar-refractivity contribution in [2.75, 3.05) is 0 Å². The summed E-state index contributed by atoms with van der Waals surface area (Å²) in [4.78, 5) is 23.2. The predicted molar refractivity (Wildman–Crippen MR) is 107 cm³/mol. The maximum Gasteiger partial charge on any atom is 0.405 e. The van der Waals surface area contributed by atoms with E-state index in [4.69, 9.17) is 21.0 Å². The zero-order valence-corrected chi connectivity index (χ0v) is 15.9. The molecule has 0 saturated carbocycles. The van der Waals surface area contributed by atoms with Crippen LogP contribution in [0.5, 0.6) is 0 Å². The van der Waals surface area contributed by atoms with Crippen molar-refractivity contribution in [1.29, 1.82) is 5.41 Å². The number of hydrogen-bond donors (Lipinski definition) is 4. The summed E-state index contributed by atoms with van der Waals surface area (Å²) < 4.78 is 5.31. The largest absolute Gasteiger partial charge is 0.465 e. The number of benzene rings is 2. The Labute approximate surface area is 164 Å². The first-order valence-corrected chi connectivity index (χ1v) is 8.84. The molecule has 2 aromatic rings. The van der Waals surface area contributed by atoms with Gasteiger partial charge >= 0.3 is 12.1 Å². The Kier molecular flexibility index (Phi) is 6.76. The monoisotopic (exact) mass is 383 g/mol. The van der Waals surface area contributed by atoms with E-state index in [1.807, 2.05) is 30.3 Å². The molecule has 0 bridgehead atoms. The van der Waals surface area contributed by atoms with Gasteiger partial charge in [0.15, 0.2) is 0 Å². The second kappa shape index (κ2) is 9.03. The van der Waals surface area contributed by atoms with Gasteiger partial charge in [-0.15, -0.1) is 0 Å². The van der Waals surface area contributed by atoms with Gasteiger partial charge in [0.25, 0.3) is 0 Å². The summed E-state index contributed by atoms with van der Waals surface area (Å²) in [6.07, 6.45) is -0.823. The Morgan fingerprint density at radius 1 is 1.14 bits per heavy atom. The molecule has 0 aliphatic carbocycles. The highest BCUT2D eigenvalue weighted by Crippen LogP contribution is 2.26. The number of hydrogen-bond acceptors (Lipinski definition) is 4. The van der Waals surface area contributed by atoms with Crippen LogP contribution in [-0.2, 0) is 11.3 Å². The first-order valence-electron chi connectivity index (χ1n) is 8.84. The average molecular weight is 383 g/mol. The van der Waals surface area contributed by atoms with Gasteiger partial charge in [-0.2, -0.15) is 0 Å². The molecule has 7 heteroatoms. The lowest BCUT2D eigenvalue weighted by molar-refractivity contribution is 0.0472. The van der Waals surface area contributed by atoms with Crippen LogP contribution in [0.25, 0.3) is 0 Å². The molecular weight excluding hydrogens is 358 g/mol. The summed E-state index contributed by atoms with van der Waals surface area (Å²) in [6.45, 7) is 3.64. The Bertz CT molecular complexity index is 832. The highest BCUT2D eigenvalue weighted by Gasteiger charge is 2.28. The molecule has 28 heavy (non-hydrogen) atoms. The summed E-state index contributed by atoms with van der Waals surface area (Å²) in [7, 11) is 0. The normalized spacial score (nSPS) is 12.1. The number of amidine groups is 1. The van der Waals surface area contributed by atoms with Crippen molar-refractivity contribution in [2.45, 2.75) is 38.3 Å². The summed E-state index contributed by atoms with van der Waals surface area (Å²) >= 11 is 0. The molecule has 2 rings (SSSR count). The minimum Gasteiger partial charge on any atom is -0.465 e. The van der Waals surface area contributed by atoms with Gasteiger partial charge in [-0.1, -0.05) is 42.5 Å². The van der Waals surface area contributed by atoms with Crippen molar-refractivity contribution in [3.63, 3.8) is 0 Å². The molecule has 0 saturated heterocycles. The first-order chi connectivity index (χ1) is 13.2. The maximum atomic E-state index is 12.2. The van der Waals surface area contributed by atoms with E-state index in [2.05, 4.69) is 5.32 Å². The minimum absolute atomic E-state index is 0.0698. The third kappa shape index (κ3) is 6.12. The zero-order valence-electron chi connectivity index (χ0n) is 15.9. The molecule has 0 heterocycles. The fourth-order valence-electron chi connectivity index (χ4n) is 2.92. The Morgan fingerprint density at radius 3 is 2.29 bits per heavy atom. The van der Waals surface area contributed by atoms with Gasteiger partial charge in [0.2, 0.25) is 0 Å². The predicted octanol–water partition coefficient (Wildman–Crippen LogP) is 3.50. The van der Waals surface area contributed by atoms with Gasteiger partial charge in [-0.3, -0.25) is 5.41 Å². The highest BCUT2D eigenvalue weighted by molar-refractivity contribution is 5.90. The molecule has 0 aliphatic rings. The Morgan fingerprint density at radius 2 is 1.75 bits per heavy atom. The van der Waals surface area contributed by atoms with Crippen molar-refractivity contribution in [2.24, 2.45) is 5.73 Å². The first kappa shape index (κ1) is 21.0. The molecule has 0 radical (unpaired) electrons. The minimum atomic E-state index is -1.14. The van der Waals surface area contributed by atoms with Gasteiger partial charge in [0.05, 0.1) is 11.4 Å². The van der Waals surface area contributed by atoms with E-state index >= 15 is 0 Å². The van der Waals surface area contributed by atoms with Gasteiger partial charge in [-0.25, -0.2) is 9.59 Å². The van der Waals surface area contributed by atoms with Gasteiger partial charge in [0, 0.05) is 11.5 Å². The fraction of sp³-hybridized carbons (Fsp3) is 0.286. The van der Waals surface area contributed by atoms with Crippen molar-refractivity contribution in [3.8, 4) is 0 Å². The molecule has 7 nitrogen and oxygen atoms in total. The van der Waals surface area contributed by atoms with E-state index in [0.717, 1.165) is 11.1 Å². The number of ether oxygens (including phenoxy) is 1. The Hall–Kier alpha value is -3.35. The lowest BCUT2D eigenvalue weighted by Gasteiger charge is -2.29. The number of carboxylic acid groups (broad SMARTS) is 1. The van der Waals surface area contributed by atoms with Crippen LogP contribution < -0.4 is 11.1 Å². The number of esters is 1. The van der Waals surface area contributed by atoms with Crippen LogP contribution in [0.4, 0.5) is 4.79 Å². The van der Waals surface area contributed by atoms with Crippen LogP contribution >= 0.6 is 0 Å². The zero-order chi connectivity index (χ0) is 20.7. The van der Waals surface area contributed by atoms with Crippen LogP contribution in [0.15, 0.2) is 54.6 Å². The van der Waals surface area contributed by atoms with Crippen molar-refractivity contribution in [3.05, 3.63) is 71.3 Å². The van der Waals surface area contributed by atoms with E-state index in [1.165, 1.54) is 0 Å². The van der Waals surface area contributed by atoms with Crippen LogP contribution in [0, 0.1) is 5.41 Å². The van der Waals surface area contributed by atoms with Crippen molar-refractivity contribution >= 4 is 17.9 Å². The van der Waals surface area contributed by atoms with Crippen LogP contribution in [0.3, 0.4) is 0 Å². The van der Waals surface area contributed by atoms with Crippen LogP contribution in [0.2, 0.25) is 0 Å². The summed E-state index contributed by atoms with van der Waals surface area (Å²) in [5.74, 6) is -0.987. The van der Waals surface area contributed by atoms with E-state index in [0.29, 0.717) is 12.0 Å². The summed E-state index contributed by atoms with van der Waals surface area (Å²) in [5.41, 5.74) is 6.99. The molecule has 2 aromatic carbocycles. The van der Waals surface area contributed by atoms with Crippen LogP contribution in [0.1, 0.15) is 47.7 Å². The lowest BCUT2D eigenvalue weighted by Crippen LogP contribution is -2.45. The number of nitrogens with two attached hydrogens (primary N) is 1. The average Bonchev–Trinajstić information content (AvgIpc) is 2.64. The lowest BCUT2D eigenvalue weighted by atomic mass is 9.85. The second-order valence-electron chi connectivity index (χ2n) is 7.21. The molecule has 1 atom stereocenters. The summed E-state index contributed by atoms with van der Waals surface area (Å²) in [6, 6.07) is 16.1. The third-order valence-electron chi connectivity index (χ3n) is 4.30. The Balaban J connectivity index is 2.06. The maximum absolute atomic E-state index is 12.2. The number of amides is 1. The SMILES string of the molecule is CC(C)(CC(C(=N)N)c1ccc(C(=O)OCc2ccccc2)cc1)NC(=O)O. The van der Waals surface area contributed by atoms with E-state index < -0.39 is 23.5 Å². The molecule has 0 fully saturated rings. The molecular formula is C21H25N3O4. The highest BCUT2D eigenvalue weighted by atomic mass is 16.5. The summed E-state index contributed by atoms with van der Waals surface area (Å²) in [5, 5.41) is 19.2. The van der Waals surface area contributed by atoms with Crippen LogP contribution in [-0.4, -0.2) is 28.5 Å². The van der Waals surface area contributed by atoms with Crippen molar-refractivity contribution in [1.82, 2.24) is 5.32 Å². The molecule has 1 unspecified atom stereocenters.